The number of nitrogen functional groups attached to an aromatic ring is 1. The number of hydrogen-bond donors (Lipinski definition) is 1. The van der Waals surface area contributed by atoms with Gasteiger partial charge < -0.3 is 10.6 Å². The predicted octanol–water partition coefficient (Wildman–Crippen LogP) is 5.75. The van der Waals surface area contributed by atoms with E-state index in [1.165, 1.54) is 17.7 Å². The lowest BCUT2D eigenvalue weighted by molar-refractivity contribution is 0.0788. The maximum Gasteiger partial charge on any atom is 0.257 e. The number of benzene rings is 2. The molecule has 0 saturated carbocycles. The number of carbonyl (C=O) groups is 1. The smallest absolute Gasteiger partial charge is 0.257 e. The number of piperidine rings is 1. The summed E-state index contributed by atoms with van der Waals surface area (Å²) in [7, 11) is 0. The molecule has 0 bridgehead atoms. The van der Waals surface area contributed by atoms with Gasteiger partial charge in [0.15, 0.2) is 0 Å². The molecule has 6 nitrogen and oxygen atoms in total. The number of hydrogen-bond acceptors (Lipinski definition) is 4. The minimum atomic E-state index is -0.992. The molecule has 0 radical (unpaired) electrons. The SMILES string of the molecule is Nc1ccc(CN2CCC(c3c(C(=O)N4CCC(c5ccc(F)cc5)C4)cnn3C3=CCC(F)C=C3)CC2)cc1. The third-order valence-electron chi connectivity index (χ3n) is 8.49. The van der Waals surface area contributed by atoms with Crippen molar-refractivity contribution < 1.29 is 13.6 Å². The Bertz CT molecular complexity index is 1400. The Kier molecular flexibility index (Phi) is 7.52. The number of anilines is 1. The number of carbonyl (C=O) groups excluding carboxylic acids is 1. The molecule has 0 spiro atoms. The average molecular weight is 544 g/mol. The molecule has 2 aliphatic heterocycles. The number of allylic oxidation sites excluding steroid dienone is 4. The highest BCUT2D eigenvalue weighted by Gasteiger charge is 2.34. The summed E-state index contributed by atoms with van der Waals surface area (Å²) in [5, 5.41) is 4.67. The lowest BCUT2D eigenvalue weighted by atomic mass is 9.90. The van der Waals surface area contributed by atoms with Crippen molar-refractivity contribution in [1.82, 2.24) is 19.6 Å². The van der Waals surface area contributed by atoms with Crippen LogP contribution in [0.25, 0.3) is 5.70 Å². The summed E-state index contributed by atoms with van der Waals surface area (Å²) in [6.45, 7) is 3.93. The fraction of sp³-hybridized carbons (Fsp3) is 0.375. The maximum atomic E-state index is 13.9. The van der Waals surface area contributed by atoms with E-state index < -0.39 is 6.17 Å². The van der Waals surface area contributed by atoms with Gasteiger partial charge in [0.2, 0.25) is 0 Å². The van der Waals surface area contributed by atoms with Crippen LogP contribution in [0.5, 0.6) is 0 Å². The number of aromatic nitrogens is 2. The Morgan fingerprint density at radius 2 is 1.70 bits per heavy atom. The second-order valence-electron chi connectivity index (χ2n) is 11.2. The van der Waals surface area contributed by atoms with E-state index >= 15 is 0 Å². The second kappa shape index (κ2) is 11.4. The first-order valence-corrected chi connectivity index (χ1v) is 14.2. The number of rotatable bonds is 6. The zero-order valence-corrected chi connectivity index (χ0v) is 22.6. The molecular formula is C32H35F2N5O. The molecule has 2 unspecified atom stereocenters. The minimum Gasteiger partial charge on any atom is -0.399 e. The number of alkyl halides is 1. The Balaban J connectivity index is 1.21. The van der Waals surface area contributed by atoms with E-state index in [1.54, 1.807) is 18.3 Å². The Labute approximate surface area is 233 Å². The summed E-state index contributed by atoms with van der Waals surface area (Å²) in [5.74, 6) is 0.0810. The largest absolute Gasteiger partial charge is 0.399 e. The third kappa shape index (κ3) is 5.59. The van der Waals surface area contributed by atoms with E-state index in [1.807, 2.05) is 39.9 Å². The molecule has 1 aromatic heterocycles. The van der Waals surface area contributed by atoms with Crippen LogP contribution in [0.3, 0.4) is 0 Å². The van der Waals surface area contributed by atoms with Gasteiger partial charge in [-0.15, -0.1) is 0 Å². The molecule has 2 atom stereocenters. The number of halogens is 2. The molecule has 2 aromatic carbocycles. The van der Waals surface area contributed by atoms with Crippen LogP contribution in [0.2, 0.25) is 0 Å². The molecule has 40 heavy (non-hydrogen) atoms. The van der Waals surface area contributed by atoms with Crippen molar-refractivity contribution in [2.24, 2.45) is 0 Å². The number of nitrogens with zero attached hydrogens (tertiary/aromatic N) is 4. The number of nitrogens with two attached hydrogens (primary N) is 1. The summed E-state index contributed by atoms with van der Waals surface area (Å²) in [6, 6.07) is 14.6. The van der Waals surface area contributed by atoms with Crippen molar-refractivity contribution in [3.05, 3.63) is 101 Å². The summed E-state index contributed by atoms with van der Waals surface area (Å²) in [4.78, 5) is 18.3. The van der Waals surface area contributed by atoms with Crippen molar-refractivity contribution in [2.45, 2.75) is 50.2 Å². The van der Waals surface area contributed by atoms with Gasteiger partial charge in [-0.1, -0.05) is 30.3 Å². The van der Waals surface area contributed by atoms with Gasteiger partial charge in [-0.25, -0.2) is 13.5 Å². The molecule has 3 heterocycles. The molecule has 208 valence electrons. The second-order valence-corrected chi connectivity index (χ2v) is 11.2. The van der Waals surface area contributed by atoms with E-state index in [9.17, 15) is 13.6 Å². The first kappa shape index (κ1) is 26.4. The van der Waals surface area contributed by atoms with E-state index in [2.05, 4.69) is 22.1 Å². The zero-order chi connectivity index (χ0) is 27.6. The van der Waals surface area contributed by atoms with Crippen molar-refractivity contribution in [3.63, 3.8) is 0 Å². The molecular weight excluding hydrogens is 508 g/mol. The summed E-state index contributed by atoms with van der Waals surface area (Å²) in [5.41, 5.74) is 11.3. The van der Waals surface area contributed by atoms with Gasteiger partial charge in [0.05, 0.1) is 23.2 Å². The quantitative estimate of drug-likeness (QED) is 0.402. The van der Waals surface area contributed by atoms with Crippen molar-refractivity contribution >= 4 is 17.3 Å². The third-order valence-corrected chi connectivity index (χ3v) is 8.49. The molecule has 1 aliphatic carbocycles. The van der Waals surface area contributed by atoms with Crippen LogP contribution in [0.15, 0.2) is 73.0 Å². The fourth-order valence-electron chi connectivity index (χ4n) is 6.23. The van der Waals surface area contributed by atoms with Crippen LogP contribution < -0.4 is 5.73 Å². The van der Waals surface area contributed by atoms with E-state index in [0.717, 1.165) is 61.5 Å². The van der Waals surface area contributed by atoms with Crippen LogP contribution in [0.1, 0.15) is 64.7 Å². The van der Waals surface area contributed by atoms with Crippen LogP contribution in [0.4, 0.5) is 14.5 Å². The van der Waals surface area contributed by atoms with Crippen molar-refractivity contribution in [1.29, 1.82) is 0 Å². The summed E-state index contributed by atoms with van der Waals surface area (Å²) in [6.07, 6.45) is 8.86. The van der Waals surface area contributed by atoms with Crippen LogP contribution in [-0.4, -0.2) is 57.8 Å². The Morgan fingerprint density at radius 3 is 2.40 bits per heavy atom. The van der Waals surface area contributed by atoms with Gasteiger partial charge >= 0.3 is 0 Å². The zero-order valence-electron chi connectivity index (χ0n) is 22.6. The summed E-state index contributed by atoms with van der Waals surface area (Å²) < 4.78 is 29.2. The molecule has 1 amide bonds. The van der Waals surface area contributed by atoms with E-state index in [-0.39, 0.29) is 23.6 Å². The summed E-state index contributed by atoms with van der Waals surface area (Å²) >= 11 is 0. The maximum absolute atomic E-state index is 13.9. The van der Waals surface area contributed by atoms with E-state index in [4.69, 9.17) is 5.73 Å². The standard InChI is InChI=1S/C32H35F2N5O/c33-26-5-3-23(4-6-26)25-15-18-38(21-25)32(40)30-19-36-39(29-11-7-27(34)8-12-29)31(30)24-13-16-37(17-14-24)20-22-1-9-28(35)10-2-22/h1-7,9-12,19,24-25,27H,8,13-18,20-21,35H2. The van der Waals surface area contributed by atoms with Crippen LogP contribution in [0, 0.1) is 5.82 Å². The molecule has 3 aromatic rings. The first-order chi connectivity index (χ1) is 19.4. The van der Waals surface area contributed by atoms with Gasteiger partial charge in [0.25, 0.3) is 5.91 Å². The van der Waals surface area contributed by atoms with Crippen molar-refractivity contribution in [3.8, 4) is 0 Å². The molecule has 8 heteroatoms. The highest BCUT2D eigenvalue weighted by Crippen LogP contribution is 2.35. The molecule has 2 saturated heterocycles. The van der Waals surface area contributed by atoms with Crippen molar-refractivity contribution in [2.75, 3.05) is 31.9 Å². The predicted molar refractivity (Wildman–Crippen MR) is 153 cm³/mol. The van der Waals surface area contributed by atoms with Gasteiger partial charge in [-0.2, -0.15) is 5.10 Å². The lowest BCUT2D eigenvalue weighted by Crippen LogP contribution is -2.34. The molecule has 6 rings (SSSR count). The van der Waals surface area contributed by atoms with Gasteiger partial charge in [-0.05, 0) is 79.9 Å². The van der Waals surface area contributed by atoms with E-state index in [0.29, 0.717) is 25.1 Å². The van der Waals surface area contributed by atoms with Crippen LogP contribution >= 0.6 is 0 Å². The Morgan fingerprint density at radius 1 is 0.975 bits per heavy atom. The highest BCUT2D eigenvalue weighted by atomic mass is 19.1. The monoisotopic (exact) mass is 543 g/mol. The minimum absolute atomic E-state index is 0.0149. The highest BCUT2D eigenvalue weighted by molar-refractivity contribution is 5.96. The normalized spacial score (nSPS) is 22.1. The first-order valence-electron chi connectivity index (χ1n) is 14.2. The van der Waals surface area contributed by atoms with Crippen LogP contribution in [-0.2, 0) is 6.54 Å². The van der Waals surface area contributed by atoms with Gasteiger partial charge in [-0.3, -0.25) is 9.69 Å². The van der Waals surface area contributed by atoms with Gasteiger partial charge in [0, 0.05) is 43.6 Å². The molecule has 3 aliphatic rings. The average Bonchev–Trinajstić information content (AvgIpc) is 3.64. The molecule has 2 N–H and O–H groups in total. The topological polar surface area (TPSA) is 67.4 Å². The lowest BCUT2D eigenvalue weighted by Gasteiger charge is -2.33. The van der Waals surface area contributed by atoms with Gasteiger partial charge in [0.1, 0.15) is 12.0 Å². The fourth-order valence-corrected chi connectivity index (χ4v) is 6.23. The Hall–Kier alpha value is -3.78. The number of amides is 1. The number of likely N-dealkylation sites (tertiary alicyclic amines) is 2. The molecule has 2 fully saturated rings.